The minimum absolute atomic E-state index is 0.151. The summed E-state index contributed by atoms with van der Waals surface area (Å²) in [7, 11) is 3.25. The number of para-hydroxylation sites is 1. The fraction of sp³-hybridized carbons (Fsp3) is 0.500. The molecule has 5 heterocycles. The molecular formula is C32H44N8O2. The number of rotatable bonds is 5. The predicted molar refractivity (Wildman–Crippen MR) is 167 cm³/mol. The van der Waals surface area contributed by atoms with Crippen LogP contribution >= 0.6 is 0 Å². The molecule has 1 spiro atoms. The fourth-order valence-corrected chi connectivity index (χ4v) is 7.10. The van der Waals surface area contributed by atoms with Crippen LogP contribution in [0, 0.1) is 5.41 Å². The molecule has 2 aromatic heterocycles. The number of likely N-dealkylation sites (tertiary alicyclic amines) is 1. The number of methoxy groups -OCH3 is 1. The smallest absolute Gasteiger partial charge is 0.225 e. The number of benzene rings is 1. The molecule has 10 heteroatoms. The number of nitrogens with zero attached hydrogens (tertiary/aromatic N) is 4. The highest BCUT2D eigenvalue weighted by atomic mass is 16.4. The molecule has 0 bridgehead atoms. The molecule has 1 aliphatic carbocycles. The van der Waals surface area contributed by atoms with Crippen molar-refractivity contribution in [3.05, 3.63) is 64.6 Å². The van der Waals surface area contributed by atoms with E-state index in [0.29, 0.717) is 35.0 Å². The van der Waals surface area contributed by atoms with Gasteiger partial charge in [0.15, 0.2) is 0 Å². The Balaban J connectivity index is 0.00000101. The van der Waals surface area contributed by atoms with Gasteiger partial charge in [0.25, 0.3) is 0 Å². The second kappa shape index (κ2) is 11.9. The molecular weight excluding hydrogens is 528 g/mol. The van der Waals surface area contributed by atoms with E-state index in [1.165, 1.54) is 57.4 Å². The lowest BCUT2D eigenvalue weighted by molar-refractivity contribution is -0.0432. The lowest BCUT2D eigenvalue weighted by atomic mass is 9.61. The number of hydrogen-bond donors (Lipinski definition) is 5. The van der Waals surface area contributed by atoms with Crippen LogP contribution in [0.5, 0.6) is 5.75 Å². The summed E-state index contributed by atoms with van der Waals surface area (Å²) in [4.78, 5) is 17.9. The zero-order chi connectivity index (χ0) is 29.3. The van der Waals surface area contributed by atoms with Gasteiger partial charge in [-0.3, -0.25) is 0 Å². The highest BCUT2D eigenvalue weighted by molar-refractivity contribution is 5.86. The molecule has 0 unspecified atom stereocenters. The van der Waals surface area contributed by atoms with Crippen molar-refractivity contribution in [3.63, 3.8) is 0 Å². The number of hydrogen-bond acceptors (Lipinski definition) is 9. The summed E-state index contributed by atoms with van der Waals surface area (Å²) in [6, 6.07) is 7.87. The van der Waals surface area contributed by atoms with Gasteiger partial charge >= 0.3 is 0 Å². The Hall–Kier alpha value is -3.60. The summed E-state index contributed by atoms with van der Waals surface area (Å²) in [5.74, 6) is 2.03. The Labute approximate surface area is 248 Å². The number of piperidine rings is 1. The Morgan fingerprint density at radius 1 is 1.10 bits per heavy atom. The maximum atomic E-state index is 10.2. The molecule has 10 nitrogen and oxygen atoms in total. The number of phenols is 1. The average molecular weight is 573 g/mol. The summed E-state index contributed by atoms with van der Waals surface area (Å²) in [6.07, 6.45) is 11.9. The Kier molecular flexibility index (Phi) is 8.11. The summed E-state index contributed by atoms with van der Waals surface area (Å²) in [6.45, 7) is 6.29. The number of H-pyrrole nitrogens is 1. The molecule has 0 amide bonds. The first-order chi connectivity index (χ1) is 20.4. The van der Waals surface area contributed by atoms with Crippen LogP contribution in [0.25, 0.3) is 11.8 Å². The Morgan fingerprint density at radius 3 is 2.43 bits per heavy atom. The summed E-state index contributed by atoms with van der Waals surface area (Å²) >= 11 is 0. The van der Waals surface area contributed by atoms with Crippen LogP contribution in [0.4, 0.5) is 11.8 Å². The van der Waals surface area contributed by atoms with Gasteiger partial charge in [-0.2, -0.15) is 0 Å². The zero-order valence-electron chi connectivity index (χ0n) is 24.8. The van der Waals surface area contributed by atoms with Crippen LogP contribution in [-0.4, -0.2) is 77.9 Å². The third-order valence-electron chi connectivity index (χ3n) is 9.56. The highest BCUT2D eigenvalue weighted by Gasteiger charge is 2.50. The maximum absolute atomic E-state index is 10.2. The summed E-state index contributed by atoms with van der Waals surface area (Å²) in [5, 5.41) is 13.7. The number of aromatic amines is 1. The molecule has 7 rings (SSSR count). The first-order valence-electron chi connectivity index (χ1n) is 15.1. The van der Waals surface area contributed by atoms with Gasteiger partial charge in [0.05, 0.1) is 0 Å². The third-order valence-corrected chi connectivity index (χ3v) is 9.56. The van der Waals surface area contributed by atoms with Crippen LogP contribution in [0.1, 0.15) is 59.5 Å². The molecule has 3 aromatic rings. The minimum atomic E-state index is 0.151. The van der Waals surface area contributed by atoms with E-state index in [9.17, 15) is 5.11 Å². The van der Waals surface area contributed by atoms with Gasteiger partial charge < -0.3 is 41.4 Å². The second-order valence-corrected chi connectivity index (χ2v) is 12.4. The monoisotopic (exact) mass is 572 g/mol. The normalized spacial score (nSPS) is 20.8. The van der Waals surface area contributed by atoms with Crippen molar-refractivity contribution in [3.8, 4) is 5.75 Å². The first-order valence-corrected chi connectivity index (χ1v) is 15.1. The number of nitrogens with one attached hydrogen (secondary N) is 2. The van der Waals surface area contributed by atoms with Crippen LogP contribution in [-0.2, 0) is 17.7 Å². The van der Waals surface area contributed by atoms with E-state index in [1.807, 2.05) is 24.5 Å². The number of nitrogen functional groups attached to an aromatic ring is 1. The Morgan fingerprint density at radius 2 is 1.79 bits per heavy atom. The molecule has 0 atom stereocenters. The molecule has 0 radical (unpaired) electrons. The number of phenolic OH excluding ortho intramolecular Hbond substituents is 1. The minimum Gasteiger partial charge on any atom is -0.507 e. The SMILES string of the molecule is COC.N/C(=C\c1c(N)[nH]c2c1CN(c1ncc(C3CCN(C4CC5(CNC5)C4)CC3)cn1)CC2)c1ccccc1O. The Bertz CT molecular complexity index is 1400. The first kappa shape index (κ1) is 28.5. The van der Waals surface area contributed by atoms with E-state index in [1.54, 1.807) is 32.4 Å². The summed E-state index contributed by atoms with van der Waals surface area (Å²) < 4.78 is 4.25. The van der Waals surface area contributed by atoms with Gasteiger partial charge in [-0.15, -0.1) is 0 Å². The number of aromatic nitrogens is 3. The van der Waals surface area contributed by atoms with Gasteiger partial charge in [0, 0.05) is 93.3 Å². The van der Waals surface area contributed by atoms with Gasteiger partial charge in [-0.1, -0.05) is 12.1 Å². The van der Waals surface area contributed by atoms with Crippen LogP contribution < -0.4 is 21.7 Å². The number of anilines is 2. The predicted octanol–water partition coefficient (Wildman–Crippen LogP) is 3.31. The zero-order valence-corrected chi connectivity index (χ0v) is 24.8. The van der Waals surface area contributed by atoms with Crippen molar-refractivity contribution in [1.82, 2.24) is 25.2 Å². The average Bonchev–Trinajstić information content (AvgIpc) is 3.26. The van der Waals surface area contributed by atoms with Gasteiger partial charge in [0.2, 0.25) is 5.95 Å². The number of nitrogens with two attached hydrogens (primary N) is 2. The lowest BCUT2D eigenvalue weighted by Crippen LogP contribution is -2.65. The van der Waals surface area contributed by atoms with E-state index < -0.39 is 0 Å². The topological polar surface area (TPSA) is 142 Å². The van der Waals surface area contributed by atoms with Crippen LogP contribution in [0.2, 0.25) is 0 Å². The van der Waals surface area contributed by atoms with Gasteiger partial charge in [-0.25, -0.2) is 9.97 Å². The van der Waals surface area contributed by atoms with E-state index in [4.69, 9.17) is 21.4 Å². The molecule has 4 aliphatic rings. The van der Waals surface area contributed by atoms with Crippen molar-refractivity contribution in [2.45, 2.75) is 50.6 Å². The van der Waals surface area contributed by atoms with E-state index >= 15 is 0 Å². The molecule has 7 N–H and O–H groups in total. The van der Waals surface area contributed by atoms with Crippen molar-refractivity contribution in [2.75, 3.05) is 57.6 Å². The van der Waals surface area contributed by atoms with Crippen LogP contribution in [0.3, 0.4) is 0 Å². The van der Waals surface area contributed by atoms with Crippen molar-refractivity contribution in [1.29, 1.82) is 0 Å². The second-order valence-electron chi connectivity index (χ2n) is 12.4. The van der Waals surface area contributed by atoms with E-state index in [2.05, 4.69) is 24.8 Å². The van der Waals surface area contributed by atoms with Crippen molar-refractivity contribution >= 4 is 23.5 Å². The molecule has 2 saturated heterocycles. The highest BCUT2D eigenvalue weighted by Crippen LogP contribution is 2.47. The van der Waals surface area contributed by atoms with Crippen molar-refractivity contribution < 1.29 is 9.84 Å². The molecule has 42 heavy (non-hydrogen) atoms. The van der Waals surface area contributed by atoms with E-state index in [0.717, 1.165) is 41.8 Å². The number of aromatic hydroxyl groups is 1. The molecule has 3 fully saturated rings. The van der Waals surface area contributed by atoms with Crippen molar-refractivity contribution in [2.24, 2.45) is 11.1 Å². The van der Waals surface area contributed by atoms with E-state index in [-0.39, 0.29) is 5.75 Å². The molecule has 1 saturated carbocycles. The standard InChI is InChI=1S/C30H38N8O.C2H6O/c31-25(22-3-1-2-4-27(22)39)11-23-24-16-38(10-7-26(24)36-28(23)32)29-34-14-20(15-35-29)19-5-8-37(9-6-19)21-12-30(13-21)17-33-18-30;1-3-2/h1-4,11,14-15,19,21,33,36,39H,5-10,12-13,16-18,31-32H2;1-2H3/b25-11-;. The quantitative estimate of drug-likeness (QED) is 0.311. The van der Waals surface area contributed by atoms with Crippen LogP contribution in [0.15, 0.2) is 36.7 Å². The molecule has 3 aliphatic heterocycles. The molecule has 1 aromatic carbocycles. The largest absolute Gasteiger partial charge is 0.507 e. The van der Waals surface area contributed by atoms with Gasteiger partial charge in [0.1, 0.15) is 11.6 Å². The fourth-order valence-electron chi connectivity index (χ4n) is 7.10. The number of fused-ring (bicyclic) bond motifs is 1. The lowest BCUT2D eigenvalue weighted by Gasteiger charge is -2.58. The molecule has 224 valence electrons. The maximum Gasteiger partial charge on any atom is 0.225 e. The summed E-state index contributed by atoms with van der Waals surface area (Å²) in [5.41, 5.74) is 18.8. The third kappa shape index (κ3) is 5.58. The number of ether oxygens (including phenoxy) is 1. The van der Waals surface area contributed by atoms with Gasteiger partial charge in [-0.05, 0) is 73.9 Å².